The molecule has 0 radical (unpaired) electrons. The van der Waals surface area contributed by atoms with Gasteiger partial charge in [-0.2, -0.15) is 0 Å². The number of carbonyl (C=O) groups excluding carboxylic acids is 1. The number of carbonyl (C=O) groups is 1. The molecule has 3 nitrogen and oxygen atoms in total. The first-order valence-corrected chi connectivity index (χ1v) is 8.18. The van der Waals surface area contributed by atoms with Crippen molar-refractivity contribution in [3.63, 3.8) is 0 Å². The van der Waals surface area contributed by atoms with Crippen molar-refractivity contribution in [3.8, 4) is 0 Å². The summed E-state index contributed by atoms with van der Waals surface area (Å²) >= 11 is 0. The Morgan fingerprint density at radius 2 is 2.00 bits per heavy atom. The van der Waals surface area contributed by atoms with E-state index >= 15 is 0 Å². The summed E-state index contributed by atoms with van der Waals surface area (Å²) < 4.78 is 0. The molecule has 1 aromatic rings. The summed E-state index contributed by atoms with van der Waals surface area (Å²) in [5.41, 5.74) is 7.24. The minimum Gasteiger partial charge on any atom is -0.342 e. The second-order valence-corrected chi connectivity index (χ2v) is 6.41. The molecule has 1 aliphatic heterocycles. The molecule has 0 spiro atoms. The number of likely N-dealkylation sites (tertiary alicyclic amines) is 1. The first kappa shape index (κ1) is 19.0. The van der Waals surface area contributed by atoms with Crippen molar-refractivity contribution in [2.75, 3.05) is 19.6 Å². The Hall–Kier alpha value is -1.06. The Labute approximate surface area is 140 Å². The van der Waals surface area contributed by atoms with E-state index in [9.17, 15) is 4.79 Å². The second kappa shape index (κ2) is 9.16. The van der Waals surface area contributed by atoms with Crippen molar-refractivity contribution in [1.29, 1.82) is 0 Å². The lowest BCUT2D eigenvalue weighted by Gasteiger charge is -2.19. The third-order valence-corrected chi connectivity index (χ3v) is 4.63. The molecule has 1 amide bonds. The summed E-state index contributed by atoms with van der Waals surface area (Å²) in [6.45, 7) is 6.63. The van der Waals surface area contributed by atoms with E-state index in [1.54, 1.807) is 0 Å². The number of amides is 1. The summed E-state index contributed by atoms with van der Waals surface area (Å²) in [7, 11) is 0. The van der Waals surface area contributed by atoms with Crippen LogP contribution in [0.4, 0.5) is 0 Å². The van der Waals surface area contributed by atoms with E-state index in [2.05, 4.69) is 38.1 Å². The van der Waals surface area contributed by atoms with Gasteiger partial charge in [-0.05, 0) is 23.9 Å². The number of nitrogens with zero attached hydrogens (tertiary/aromatic N) is 1. The van der Waals surface area contributed by atoms with E-state index in [1.165, 1.54) is 5.56 Å². The van der Waals surface area contributed by atoms with Crippen LogP contribution in [0.15, 0.2) is 30.3 Å². The third kappa shape index (κ3) is 4.72. The zero-order chi connectivity index (χ0) is 15.2. The summed E-state index contributed by atoms with van der Waals surface area (Å²) in [6.07, 6.45) is 2.95. The van der Waals surface area contributed by atoms with Crippen LogP contribution in [0.3, 0.4) is 0 Å². The van der Waals surface area contributed by atoms with Gasteiger partial charge in [0.1, 0.15) is 0 Å². The summed E-state index contributed by atoms with van der Waals surface area (Å²) in [4.78, 5) is 14.5. The number of hydrogen-bond donors (Lipinski definition) is 1. The first-order chi connectivity index (χ1) is 10.2. The highest BCUT2D eigenvalue weighted by molar-refractivity contribution is 5.85. The number of halogens is 1. The van der Waals surface area contributed by atoms with Crippen molar-refractivity contribution in [1.82, 2.24) is 4.90 Å². The monoisotopic (exact) mass is 324 g/mol. The maximum atomic E-state index is 12.5. The molecule has 0 aliphatic carbocycles. The molecule has 1 aliphatic rings. The lowest BCUT2D eigenvalue weighted by atomic mass is 9.89. The molecule has 2 N–H and O–H groups in total. The van der Waals surface area contributed by atoms with Gasteiger partial charge >= 0.3 is 0 Å². The Balaban J connectivity index is 0.00000242. The predicted octanol–water partition coefficient (Wildman–Crippen LogP) is 3.44. The van der Waals surface area contributed by atoms with Crippen molar-refractivity contribution < 1.29 is 4.79 Å². The Bertz CT molecular complexity index is 452. The molecule has 1 fully saturated rings. The van der Waals surface area contributed by atoms with Gasteiger partial charge < -0.3 is 10.6 Å². The van der Waals surface area contributed by atoms with Crippen LogP contribution in [-0.2, 0) is 4.79 Å². The van der Waals surface area contributed by atoms with Crippen molar-refractivity contribution >= 4 is 18.3 Å². The van der Waals surface area contributed by atoms with Crippen LogP contribution in [0, 0.1) is 11.8 Å². The van der Waals surface area contributed by atoms with Gasteiger partial charge in [0.15, 0.2) is 0 Å². The fraction of sp³-hybridized carbons (Fsp3) is 0.611. The highest BCUT2D eigenvalue weighted by atomic mass is 35.5. The van der Waals surface area contributed by atoms with Crippen molar-refractivity contribution in [2.45, 2.75) is 39.0 Å². The van der Waals surface area contributed by atoms with Crippen LogP contribution in [0.2, 0.25) is 0 Å². The molecule has 4 heteroatoms. The molecule has 2 rings (SSSR count). The molecule has 1 saturated heterocycles. The van der Waals surface area contributed by atoms with Crippen molar-refractivity contribution in [3.05, 3.63) is 35.9 Å². The van der Waals surface area contributed by atoms with Gasteiger partial charge in [-0.1, -0.05) is 57.0 Å². The van der Waals surface area contributed by atoms with Crippen LogP contribution >= 0.6 is 12.4 Å². The molecule has 124 valence electrons. The smallest absolute Gasteiger partial charge is 0.222 e. The van der Waals surface area contributed by atoms with Gasteiger partial charge in [0.2, 0.25) is 5.91 Å². The standard InChI is InChI=1S/C18H28N2O.ClH/c1-3-7-14(2)10-18(21)20-12-16(11-19)17(13-20)15-8-5-4-6-9-15;/h4-6,8-9,14,16-17H,3,7,10-13,19H2,1-2H3;1H/t14?,16-,17+;/m1./s1. The number of nitrogens with two attached hydrogens (primary N) is 1. The van der Waals surface area contributed by atoms with E-state index in [-0.39, 0.29) is 12.4 Å². The second-order valence-electron chi connectivity index (χ2n) is 6.41. The van der Waals surface area contributed by atoms with E-state index in [0.29, 0.717) is 36.6 Å². The number of benzene rings is 1. The van der Waals surface area contributed by atoms with Crippen LogP contribution in [0.1, 0.15) is 44.6 Å². The van der Waals surface area contributed by atoms with Crippen LogP contribution < -0.4 is 5.73 Å². The van der Waals surface area contributed by atoms with Gasteiger partial charge in [-0.15, -0.1) is 12.4 Å². The Morgan fingerprint density at radius 1 is 1.32 bits per heavy atom. The van der Waals surface area contributed by atoms with Gasteiger partial charge in [0.05, 0.1) is 0 Å². The molecular formula is C18H29ClN2O. The quantitative estimate of drug-likeness (QED) is 0.871. The minimum absolute atomic E-state index is 0. The Kier molecular flexibility index (Phi) is 7.91. The minimum atomic E-state index is 0. The molecule has 3 atom stereocenters. The van der Waals surface area contributed by atoms with Crippen molar-refractivity contribution in [2.24, 2.45) is 17.6 Å². The molecule has 0 saturated carbocycles. The molecular weight excluding hydrogens is 296 g/mol. The molecule has 22 heavy (non-hydrogen) atoms. The van der Waals surface area contributed by atoms with Gasteiger partial charge in [-0.3, -0.25) is 4.79 Å². The van der Waals surface area contributed by atoms with Gasteiger partial charge in [0, 0.05) is 25.4 Å². The van der Waals surface area contributed by atoms with E-state index in [4.69, 9.17) is 5.73 Å². The highest BCUT2D eigenvalue weighted by Crippen LogP contribution is 2.32. The van der Waals surface area contributed by atoms with Gasteiger partial charge in [-0.25, -0.2) is 0 Å². The summed E-state index contributed by atoms with van der Waals surface area (Å²) in [6, 6.07) is 10.5. The van der Waals surface area contributed by atoms with Crippen LogP contribution in [0.25, 0.3) is 0 Å². The topological polar surface area (TPSA) is 46.3 Å². The normalized spacial score (nSPS) is 22.2. The lowest BCUT2D eigenvalue weighted by molar-refractivity contribution is -0.131. The molecule has 0 bridgehead atoms. The third-order valence-electron chi connectivity index (χ3n) is 4.63. The number of rotatable bonds is 6. The molecule has 1 unspecified atom stereocenters. The molecule has 1 aromatic carbocycles. The highest BCUT2D eigenvalue weighted by Gasteiger charge is 2.35. The SMILES string of the molecule is CCCC(C)CC(=O)N1C[C@@H](CN)[C@H](c2ccccc2)C1.Cl. The fourth-order valence-corrected chi connectivity index (χ4v) is 3.41. The van der Waals surface area contributed by atoms with Crippen LogP contribution in [0.5, 0.6) is 0 Å². The van der Waals surface area contributed by atoms with Gasteiger partial charge in [0.25, 0.3) is 0 Å². The Morgan fingerprint density at radius 3 is 2.59 bits per heavy atom. The maximum Gasteiger partial charge on any atom is 0.222 e. The maximum absolute atomic E-state index is 12.5. The average Bonchev–Trinajstić information content (AvgIpc) is 2.92. The largest absolute Gasteiger partial charge is 0.342 e. The zero-order valence-corrected chi connectivity index (χ0v) is 14.5. The molecule has 0 aromatic heterocycles. The molecule has 1 heterocycles. The average molecular weight is 325 g/mol. The number of hydrogen-bond acceptors (Lipinski definition) is 2. The first-order valence-electron chi connectivity index (χ1n) is 8.18. The van der Waals surface area contributed by atoms with Crippen LogP contribution in [-0.4, -0.2) is 30.4 Å². The van der Waals surface area contributed by atoms with E-state index in [1.807, 2.05) is 11.0 Å². The summed E-state index contributed by atoms with van der Waals surface area (Å²) in [5, 5.41) is 0. The fourth-order valence-electron chi connectivity index (χ4n) is 3.41. The zero-order valence-electron chi connectivity index (χ0n) is 13.7. The predicted molar refractivity (Wildman–Crippen MR) is 94.2 cm³/mol. The van der Waals surface area contributed by atoms with E-state index in [0.717, 1.165) is 25.9 Å². The summed E-state index contributed by atoms with van der Waals surface area (Å²) in [5.74, 6) is 1.56. The lowest BCUT2D eigenvalue weighted by Crippen LogP contribution is -2.30. The van der Waals surface area contributed by atoms with E-state index < -0.39 is 0 Å².